The van der Waals surface area contributed by atoms with E-state index in [2.05, 4.69) is 11.4 Å². The summed E-state index contributed by atoms with van der Waals surface area (Å²) in [6.07, 6.45) is 0.693. The number of carbonyl (C=O) groups is 1. The van der Waals surface area contributed by atoms with Crippen LogP contribution in [0.25, 0.3) is 21.7 Å². The molecule has 28 heavy (non-hydrogen) atoms. The second-order valence-electron chi connectivity index (χ2n) is 7.94. The van der Waals surface area contributed by atoms with Crippen LogP contribution >= 0.6 is 0 Å². The van der Waals surface area contributed by atoms with Crippen LogP contribution < -0.4 is 10.1 Å². The van der Waals surface area contributed by atoms with Crippen molar-refractivity contribution in [2.24, 2.45) is 0 Å². The highest BCUT2D eigenvalue weighted by Gasteiger charge is 2.34. The van der Waals surface area contributed by atoms with Crippen LogP contribution in [0.3, 0.4) is 0 Å². The topological polar surface area (TPSA) is 51.5 Å². The van der Waals surface area contributed by atoms with E-state index in [9.17, 15) is 4.79 Å². The zero-order valence-electron chi connectivity index (χ0n) is 15.9. The highest BCUT2D eigenvalue weighted by molar-refractivity contribution is 6.08. The summed E-state index contributed by atoms with van der Waals surface area (Å²) in [5, 5.41) is 6.31. The first-order valence-electron chi connectivity index (χ1n) is 9.50. The molecule has 0 aliphatic carbocycles. The zero-order chi connectivity index (χ0) is 19.3. The summed E-state index contributed by atoms with van der Waals surface area (Å²) < 4.78 is 11.9. The molecule has 4 heteroatoms. The van der Waals surface area contributed by atoms with Crippen LogP contribution in [-0.2, 0) is 0 Å². The summed E-state index contributed by atoms with van der Waals surface area (Å²) >= 11 is 0. The third kappa shape index (κ3) is 2.82. The number of rotatable bonds is 2. The lowest BCUT2D eigenvalue weighted by atomic mass is 9.89. The second kappa shape index (κ2) is 6.13. The van der Waals surface area contributed by atoms with Gasteiger partial charge in [-0.1, -0.05) is 48.5 Å². The van der Waals surface area contributed by atoms with Crippen molar-refractivity contribution in [2.45, 2.75) is 31.9 Å². The number of hydrogen-bond donors (Lipinski definition) is 1. The van der Waals surface area contributed by atoms with Crippen LogP contribution in [0.2, 0.25) is 0 Å². The van der Waals surface area contributed by atoms with Crippen molar-refractivity contribution in [3.63, 3.8) is 0 Å². The number of hydrogen-bond acceptors (Lipinski definition) is 3. The maximum absolute atomic E-state index is 13.0. The standard InChI is InChI=1S/C24H21NO3/c1-24(2)14-19(17-9-5-6-10-21(17)28-24)25-23(26)22-13-18-16-8-4-3-7-15(16)11-12-20(18)27-22/h3-13,19H,14H2,1-2H3,(H,25,26)/t19-/m0/s1. The van der Waals surface area contributed by atoms with E-state index in [4.69, 9.17) is 9.15 Å². The molecule has 4 nitrogen and oxygen atoms in total. The van der Waals surface area contributed by atoms with Crippen molar-refractivity contribution in [1.29, 1.82) is 0 Å². The number of furan rings is 1. The van der Waals surface area contributed by atoms with Gasteiger partial charge in [-0.2, -0.15) is 0 Å². The Morgan fingerprint density at radius 3 is 2.68 bits per heavy atom. The number of amides is 1. The quantitative estimate of drug-likeness (QED) is 0.498. The van der Waals surface area contributed by atoms with Crippen LogP contribution in [0.1, 0.15) is 42.4 Å². The highest BCUT2D eigenvalue weighted by atomic mass is 16.5. The van der Waals surface area contributed by atoms with Gasteiger partial charge in [-0.15, -0.1) is 0 Å². The molecule has 1 atom stereocenters. The van der Waals surface area contributed by atoms with Crippen molar-refractivity contribution >= 4 is 27.6 Å². The van der Waals surface area contributed by atoms with Gasteiger partial charge >= 0.3 is 0 Å². The highest BCUT2D eigenvalue weighted by Crippen LogP contribution is 2.39. The molecule has 140 valence electrons. The first-order valence-corrected chi connectivity index (χ1v) is 9.50. The predicted octanol–water partition coefficient (Wildman–Crippen LogP) is 5.62. The third-order valence-electron chi connectivity index (χ3n) is 5.33. The Balaban J connectivity index is 1.50. The van der Waals surface area contributed by atoms with Gasteiger partial charge in [0.05, 0.1) is 6.04 Å². The molecule has 0 spiro atoms. The number of fused-ring (bicyclic) bond motifs is 4. The lowest BCUT2D eigenvalue weighted by Gasteiger charge is -2.37. The molecule has 1 aromatic heterocycles. The van der Waals surface area contributed by atoms with Gasteiger partial charge in [0.1, 0.15) is 16.9 Å². The van der Waals surface area contributed by atoms with E-state index in [1.54, 1.807) is 0 Å². The summed E-state index contributed by atoms with van der Waals surface area (Å²) in [7, 11) is 0. The molecule has 1 N–H and O–H groups in total. The zero-order valence-corrected chi connectivity index (χ0v) is 15.9. The Kier molecular flexibility index (Phi) is 3.69. The lowest BCUT2D eigenvalue weighted by Crippen LogP contribution is -2.41. The van der Waals surface area contributed by atoms with Crippen molar-refractivity contribution in [3.05, 3.63) is 78.1 Å². The van der Waals surface area contributed by atoms with Gasteiger partial charge in [0.25, 0.3) is 5.91 Å². The van der Waals surface area contributed by atoms with Gasteiger partial charge in [-0.25, -0.2) is 0 Å². The minimum atomic E-state index is -0.351. The van der Waals surface area contributed by atoms with E-state index in [0.29, 0.717) is 12.2 Å². The summed E-state index contributed by atoms with van der Waals surface area (Å²) in [5.41, 5.74) is 1.37. The van der Waals surface area contributed by atoms with E-state index in [-0.39, 0.29) is 17.6 Å². The molecule has 0 saturated carbocycles. The van der Waals surface area contributed by atoms with E-state index < -0.39 is 0 Å². The number of benzene rings is 3. The molecule has 4 aromatic rings. The van der Waals surface area contributed by atoms with Gasteiger partial charge in [0.15, 0.2) is 5.76 Å². The molecule has 0 fully saturated rings. The fraction of sp³-hybridized carbons (Fsp3) is 0.208. The fourth-order valence-corrected chi connectivity index (χ4v) is 4.06. The molecule has 1 aliphatic rings. The molecule has 5 rings (SSSR count). The van der Waals surface area contributed by atoms with Crippen molar-refractivity contribution < 1.29 is 13.9 Å². The van der Waals surface area contributed by atoms with E-state index in [0.717, 1.165) is 33.1 Å². The largest absolute Gasteiger partial charge is 0.487 e. The number of para-hydroxylation sites is 1. The Hall–Kier alpha value is -3.27. The van der Waals surface area contributed by atoms with E-state index in [1.165, 1.54) is 0 Å². The Bertz CT molecular complexity index is 1200. The molecule has 3 aromatic carbocycles. The summed E-state index contributed by atoms with van der Waals surface area (Å²) in [4.78, 5) is 13.0. The van der Waals surface area contributed by atoms with Crippen LogP contribution in [0.5, 0.6) is 5.75 Å². The Morgan fingerprint density at radius 2 is 1.79 bits per heavy atom. The van der Waals surface area contributed by atoms with Crippen LogP contribution in [0.4, 0.5) is 0 Å². The van der Waals surface area contributed by atoms with Crippen LogP contribution in [0.15, 0.2) is 71.1 Å². The molecule has 0 unspecified atom stereocenters. The maximum Gasteiger partial charge on any atom is 0.287 e. The Morgan fingerprint density at radius 1 is 1.00 bits per heavy atom. The van der Waals surface area contributed by atoms with Crippen molar-refractivity contribution in [3.8, 4) is 5.75 Å². The van der Waals surface area contributed by atoms with Crippen molar-refractivity contribution in [2.75, 3.05) is 0 Å². The molecular formula is C24H21NO3. The fourth-order valence-electron chi connectivity index (χ4n) is 4.06. The number of nitrogens with one attached hydrogen (secondary N) is 1. The van der Waals surface area contributed by atoms with Gasteiger partial charge < -0.3 is 14.5 Å². The summed E-state index contributed by atoms with van der Waals surface area (Å²) in [5.74, 6) is 0.936. The molecule has 1 aliphatic heterocycles. The maximum atomic E-state index is 13.0. The number of carbonyl (C=O) groups excluding carboxylic acids is 1. The molecular weight excluding hydrogens is 350 g/mol. The first-order chi connectivity index (χ1) is 13.5. The smallest absolute Gasteiger partial charge is 0.287 e. The van der Waals surface area contributed by atoms with Gasteiger partial charge in [0, 0.05) is 17.4 Å². The first kappa shape index (κ1) is 16.9. The molecule has 0 saturated heterocycles. The van der Waals surface area contributed by atoms with E-state index in [1.807, 2.05) is 74.5 Å². The molecule has 0 bridgehead atoms. The monoisotopic (exact) mass is 371 g/mol. The molecule has 1 amide bonds. The lowest BCUT2D eigenvalue weighted by molar-refractivity contribution is 0.0612. The number of ether oxygens (including phenoxy) is 1. The van der Waals surface area contributed by atoms with Crippen LogP contribution in [-0.4, -0.2) is 11.5 Å². The Labute approximate surface area is 163 Å². The van der Waals surface area contributed by atoms with Crippen LogP contribution in [0, 0.1) is 0 Å². The normalized spacial score (nSPS) is 17.9. The van der Waals surface area contributed by atoms with E-state index >= 15 is 0 Å². The molecule has 0 radical (unpaired) electrons. The van der Waals surface area contributed by atoms with Crippen molar-refractivity contribution in [1.82, 2.24) is 5.32 Å². The third-order valence-corrected chi connectivity index (χ3v) is 5.33. The van der Waals surface area contributed by atoms with Gasteiger partial charge in [0.2, 0.25) is 0 Å². The predicted molar refractivity (Wildman–Crippen MR) is 110 cm³/mol. The second-order valence-corrected chi connectivity index (χ2v) is 7.94. The van der Waals surface area contributed by atoms with Gasteiger partial charge in [-0.05, 0) is 42.8 Å². The minimum absolute atomic E-state index is 0.127. The van der Waals surface area contributed by atoms with Gasteiger partial charge in [-0.3, -0.25) is 4.79 Å². The summed E-state index contributed by atoms with van der Waals surface area (Å²) in [6, 6.07) is 21.6. The summed E-state index contributed by atoms with van der Waals surface area (Å²) in [6.45, 7) is 4.07. The SMILES string of the molecule is CC1(C)C[C@H](NC(=O)c2cc3c(ccc4ccccc43)o2)c2ccccc2O1. The molecule has 2 heterocycles. The average Bonchev–Trinajstić information content (AvgIpc) is 3.12. The average molecular weight is 371 g/mol. The minimum Gasteiger partial charge on any atom is -0.487 e.